The van der Waals surface area contributed by atoms with Gasteiger partial charge in [-0.25, -0.2) is 0 Å². The Hall–Kier alpha value is -1.51. The molecule has 0 radical (unpaired) electrons. The van der Waals surface area contributed by atoms with Gasteiger partial charge in [-0.05, 0) is 26.8 Å². The van der Waals surface area contributed by atoms with Crippen molar-refractivity contribution in [2.45, 2.75) is 64.9 Å². The third kappa shape index (κ3) is 3.70. The summed E-state index contributed by atoms with van der Waals surface area (Å²) in [5.74, 6) is 1.30. The molecule has 0 aliphatic carbocycles. The summed E-state index contributed by atoms with van der Waals surface area (Å²) in [5.41, 5.74) is 0. The van der Waals surface area contributed by atoms with Crippen LogP contribution in [0, 0.1) is 6.92 Å². The van der Waals surface area contributed by atoms with Crippen molar-refractivity contribution >= 4 is 5.91 Å². The lowest BCUT2D eigenvalue weighted by Gasteiger charge is -2.29. The van der Waals surface area contributed by atoms with Crippen molar-refractivity contribution in [1.29, 1.82) is 0 Å². The van der Waals surface area contributed by atoms with E-state index in [1.165, 1.54) is 0 Å². The maximum absolute atomic E-state index is 12.6. The number of carbonyl (C=O) groups is 1. The monoisotopic (exact) mass is 351 g/mol. The zero-order chi connectivity index (χ0) is 18.1. The number of aromatic nitrogens is 2. The number of likely N-dealkylation sites (tertiary alicyclic amines) is 2. The van der Waals surface area contributed by atoms with Gasteiger partial charge in [0.1, 0.15) is 0 Å². The Morgan fingerprint density at radius 3 is 2.68 bits per heavy atom. The fourth-order valence-electron chi connectivity index (χ4n) is 3.99. The molecule has 0 spiro atoms. The molecule has 1 amide bonds. The molecule has 2 fully saturated rings. The van der Waals surface area contributed by atoms with Crippen LogP contribution in [0.3, 0.4) is 0 Å². The van der Waals surface area contributed by atoms with Crippen molar-refractivity contribution in [2.75, 3.05) is 26.2 Å². The second-order valence-corrected chi connectivity index (χ2v) is 7.30. The first-order valence-corrected chi connectivity index (χ1v) is 9.16. The Morgan fingerprint density at radius 1 is 1.36 bits per heavy atom. The largest absolute Gasteiger partial charge is 0.424 e. The summed E-state index contributed by atoms with van der Waals surface area (Å²) in [6.45, 7) is 11.2. The summed E-state index contributed by atoms with van der Waals surface area (Å²) in [6.07, 6.45) is 0.357. The molecule has 2 aliphatic rings. The highest BCUT2D eigenvalue weighted by Gasteiger charge is 2.44. The van der Waals surface area contributed by atoms with Gasteiger partial charge in [0.05, 0.1) is 24.7 Å². The number of rotatable bonds is 6. The molecule has 3 rings (SSSR count). The summed E-state index contributed by atoms with van der Waals surface area (Å²) in [6, 6.07) is 0.0956. The lowest BCUT2D eigenvalue weighted by Crippen LogP contribution is -2.45. The molecule has 25 heavy (non-hydrogen) atoms. The molecule has 3 atom stereocenters. The van der Waals surface area contributed by atoms with Crippen LogP contribution in [0.2, 0.25) is 0 Å². The molecule has 0 saturated carbocycles. The van der Waals surface area contributed by atoms with Gasteiger partial charge in [-0.15, -0.1) is 10.2 Å². The van der Waals surface area contributed by atoms with Gasteiger partial charge in [0, 0.05) is 32.6 Å². The van der Waals surface area contributed by atoms with E-state index in [0.717, 1.165) is 19.5 Å². The van der Waals surface area contributed by atoms with Crippen molar-refractivity contribution < 1.29 is 14.3 Å². The van der Waals surface area contributed by atoms with Crippen LogP contribution < -0.4 is 0 Å². The van der Waals surface area contributed by atoms with Crippen LogP contribution in [-0.2, 0) is 11.3 Å². The van der Waals surface area contributed by atoms with Gasteiger partial charge in [0.25, 0.3) is 0 Å². The van der Waals surface area contributed by atoms with Crippen molar-refractivity contribution in [3.63, 3.8) is 0 Å². The third-order valence-electron chi connectivity index (χ3n) is 5.34. The first-order valence-electron chi connectivity index (χ1n) is 9.16. The molecule has 2 aliphatic heterocycles. The van der Waals surface area contributed by atoms with Gasteiger partial charge in [-0.3, -0.25) is 14.6 Å². The standard InChI is InChI=1S/C17H29N5O3/c1-5-20(10-16-19-18-12(4)25-16)14-8-21(9-15(14)23)13-6-7-22(11(2)3)17(13)24/h11,13-15,23H,5-10H2,1-4H3/t13-,14+,15-/m1/s1. The Kier molecular flexibility index (Phi) is 5.41. The predicted molar refractivity (Wildman–Crippen MR) is 91.7 cm³/mol. The number of nitrogens with zero attached hydrogens (tertiary/aromatic N) is 5. The van der Waals surface area contributed by atoms with E-state index >= 15 is 0 Å². The second kappa shape index (κ2) is 7.39. The summed E-state index contributed by atoms with van der Waals surface area (Å²) in [4.78, 5) is 18.9. The smallest absolute Gasteiger partial charge is 0.240 e. The Balaban J connectivity index is 1.65. The van der Waals surface area contributed by atoms with E-state index in [4.69, 9.17) is 4.42 Å². The predicted octanol–water partition coefficient (Wildman–Crippen LogP) is 0.254. The number of hydrogen-bond acceptors (Lipinski definition) is 7. The molecular weight excluding hydrogens is 322 g/mol. The molecule has 8 nitrogen and oxygen atoms in total. The highest BCUT2D eigenvalue weighted by atomic mass is 16.4. The van der Waals surface area contributed by atoms with E-state index in [1.54, 1.807) is 6.92 Å². The van der Waals surface area contributed by atoms with Gasteiger partial charge in [-0.2, -0.15) is 0 Å². The van der Waals surface area contributed by atoms with E-state index in [9.17, 15) is 9.90 Å². The molecule has 8 heteroatoms. The van der Waals surface area contributed by atoms with E-state index in [-0.39, 0.29) is 24.0 Å². The Labute approximate surface area is 148 Å². The van der Waals surface area contributed by atoms with Gasteiger partial charge in [0.15, 0.2) is 0 Å². The van der Waals surface area contributed by atoms with Crippen LogP contribution in [-0.4, -0.2) is 86.3 Å². The molecule has 1 N–H and O–H groups in total. The van der Waals surface area contributed by atoms with Crippen LogP contribution in [0.4, 0.5) is 0 Å². The number of likely N-dealkylation sites (N-methyl/N-ethyl adjacent to an activating group) is 1. The zero-order valence-electron chi connectivity index (χ0n) is 15.6. The van der Waals surface area contributed by atoms with Crippen LogP contribution in [0.1, 0.15) is 39.0 Å². The molecule has 2 saturated heterocycles. The maximum atomic E-state index is 12.6. The van der Waals surface area contributed by atoms with E-state index < -0.39 is 6.10 Å². The summed E-state index contributed by atoms with van der Waals surface area (Å²) >= 11 is 0. The van der Waals surface area contributed by atoms with Crippen molar-refractivity contribution in [3.8, 4) is 0 Å². The van der Waals surface area contributed by atoms with E-state index in [1.807, 2.05) is 18.7 Å². The number of aliphatic hydroxyl groups is 1. The highest BCUT2D eigenvalue weighted by molar-refractivity contribution is 5.84. The van der Waals surface area contributed by atoms with Crippen molar-refractivity contribution in [2.24, 2.45) is 0 Å². The number of aryl methyl sites for hydroxylation is 1. The molecule has 0 aromatic carbocycles. The zero-order valence-corrected chi connectivity index (χ0v) is 15.6. The molecular formula is C17H29N5O3. The fourth-order valence-corrected chi connectivity index (χ4v) is 3.99. The van der Waals surface area contributed by atoms with Gasteiger partial charge in [-0.1, -0.05) is 6.92 Å². The van der Waals surface area contributed by atoms with Gasteiger partial charge < -0.3 is 14.4 Å². The molecule has 3 heterocycles. The molecule has 0 unspecified atom stereocenters. The lowest BCUT2D eigenvalue weighted by atomic mass is 10.2. The molecule has 140 valence electrons. The Morgan fingerprint density at radius 2 is 2.12 bits per heavy atom. The Bertz CT molecular complexity index is 605. The summed E-state index contributed by atoms with van der Waals surface area (Å²) in [7, 11) is 0. The quantitative estimate of drug-likeness (QED) is 0.786. The number of hydrogen-bond donors (Lipinski definition) is 1. The van der Waals surface area contributed by atoms with Crippen LogP contribution in [0.25, 0.3) is 0 Å². The van der Waals surface area contributed by atoms with E-state index in [2.05, 4.69) is 26.9 Å². The number of carbonyl (C=O) groups excluding carboxylic acids is 1. The minimum Gasteiger partial charge on any atom is -0.424 e. The van der Waals surface area contributed by atoms with Crippen LogP contribution in [0.5, 0.6) is 0 Å². The number of aliphatic hydroxyl groups excluding tert-OH is 1. The van der Waals surface area contributed by atoms with Crippen LogP contribution in [0.15, 0.2) is 4.42 Å². The molecule has 0 bridgehead atoms. The number of β-amino-alcohol motifs (C(OH)–C–C–N with tert-alkyl or cyclic N) is 1. The summed E-state index contributed by atoms with van der Waals surface area (Å²) in [5, 5.41) is 18.5. The summed E-state index contributed by atoms with van der Waals surface area (Å²) < 4.78 is 5.47. The molecule has 1 aromatic heterocycles. The SMILES string of the molecule is CCN(Cc1nnc(C)o1)[C@H]1CN([C@@H]2CCN(C(C)C)C2=O)C[C@H]1O. The number of amides is 1. The maximum Gasteiger partial charge on any atom is 0.240 e. The van der Waals surface area contributed by atoms with Gasteiger partial charge >= 0.3 is 0 Å². The van der Waals surface area contributed by atoms with Gasteiger partial charge in [0.2, 0.25) is 17.7 Å². The van der Waals surface area contributed by atoms with Crippen molar-refractivity contribution in [1.82, 2.24) is 24.9 Å². The van der Waals surface area contributed by atoms with E-state index in [0.29, 0.717) is 31.4 Å². The highest BCUT2D eigenvalue weighted by Crippen LogP contribution is 2.26. The average Bonchev–Trinajstić information content (AvgIpc) is 3.24. The average molecular weight is 351 g/mol. The fraction of sp³-hybridized carbons (Fsp3) is 0.824. The lowest BCUT2D eigenvalue weighted by molar-refractivity contribution is -0.133. The topological polar surface area (TPSA) is 85.9 Å². The third-order valence-corrected chi connectivity index (χ3v) is 5.34. The first kappa shape index (κ1) is 18.3. The second-order valence-electron chi connectivity index (χ2n) is 7.30. The van der Waals surface area contributed by atoms with Crippen LogP contribution >= 0.6 is 0 Å². The molecule has 1 aromatic rings. The first-order chi connectivity index (χ1) is 11.9. The minimum absolute atomic E-state index is 0.0295. The normalized spacial score (nSPS) is 28.0. The minimum atomic E-state index is -0.482. The van der Waals surface area contributed by atoms with Crippen molar-refractivity contribution in [3.05, 3.63) is 11.8 Å².